The van der Waals surface area contributed by atoms with Gasteiger partial charge in [0.05, 0.1) is 22.4 Å². The topological polar surface area (TPSA) is 38.9 Å². The summed E-state index contributed by atoms with van der Waals surface area (Å²) in [7, 11) is 0. The van der Waals surface area contributed by atoms with E-state index >= 15 is 0 Å². The lowest BCUT2D eigenvalue weighted by Gasteiger charge is -2.14. The van der Waals surface area contributed by atoms with Crippen molar-refractivity contribution >= 4 is 54.5 Å². The summed E-state index contributed by atoms with van der Waals surface area (Å²) in [5.41, 5.74) is 12.0. The number of hydrogen-bond donors (Lipinski definition) is 0. The summed E-state index contributed by atoms with van der Waals surface area (Å²) in [4.78, 5) is 10.5. The molecule has 0 radical (unpaired) electrons. The lowest BCUT2D eigenvalue weighted by atomic mass is 9.90. The molecule has 3 nitrogen and oxygen atoms in total. The lowest BCUT2D eigenvalue weighted by Crippen LogP contribution is -1.96. The first-order valence-corrected chi connectivity index (χ1v) is 15.9. The van der Waals surface area contributed by atoms with Gasteiger partial charge in [0.25, 0.3) is 0 Å². The zero-order chi connectivity index (χ0) is 30.9. The van der Waals surface area contributed by atoms with E-state index in [-0.39, 0.29) is 0 Å². The van der Waals surface area contributed by atoms with E-state index in [1.807, 2.05) is 30.3 Å². The van der Waals surface area contributed by atoms with E-state index in [2.05, 4.69) is 127 Å². The highest BCUT2D eigenvalue weighted by Crippen LogP contribution is 2.45. The van der Waals surface area contributed by atoms with Crippen molar-refractivity contribution in [1.29, 1.82) is 0 Å². The van der Waals surface area contributed by atoms with Gasteiger partial charge in [0.15, 0.2) is 0 Å². The summed E-state index contributed by atoms with van der Waals surface area (Å²) in [5, 5.41) is 7.09. The van der Waals surface area contributed by atoms with Gasteiger partial charge in [-0.3, -0.25) is 0 Å². The highest BCUT2D eigenvalue weighted by molar-refractivity contribution is 6.33. The summed E-state index contributed by atoms with van der Waals surface area (Å²) in [6.07, 6.45) is 0. The van der Waals surface area contributed by atoms with Crippen LogP contribution in [0, 0.1) is 0 Å². The molecule has 2 heterocycles. The van der Waals surface area contributed by atoms with E-state index in [0.29, 0.717) is 0 Å². The summed E-state index contributed by atoms with van der Waals surface area (Å²) in [6.45, 7) is 0. The van der Waals surface area contributed by atoms with Gasteiger partial charge in [-0.05, 0) is 86.3 Å². The van der Waals surface area contributed by atoms with Gasteiger partial charge >= 0.3 is 0 Å². The first-order valence-electron chi connectivity index (χ1n) is 15.9. The first kappa shape index (κ1) is 26.0. The van der Waals surface area contributed by atoms with Crippen molar-refractivity contribution in [3.63, 3.8) is 0 Å². The molecule has 218 valence electrons. The molecular formula is C44H26N2O. The Morgan fingerprint density at radius 2 is 0.894 bits per heavy atom. The van der Waals surface area contributed by atoms with Gasteiger partial charge in [0.1, 0.15) is 11.2 Å². The van der Waals surface area contributed by atoms with E-state index in [1.54, 1.807) is 0 Å². The largest absolute Gasteiger partial charge is 0.456 e. The van der Waals surface area contributed by atoms with Crippen LogP contribution in [0.2, 0.25) is 0 Å². The number of rotatable bonds is 4. The second-order valence-corrected chi connectivity index (χ2v) is 12.2. The zero-order valence-corrected chi connectivity index (χ0v) is 25.3. The molecule has 0 spiro atoms. The van der Waals surface area contributed by atoms with Gasteiger partial charge in [-0.2, -0.15) is 0 Å². The van der Waals surface area contributed by atoms with Crippen molar-refractivity contribution in [2.24, 2.45) is 0 Å². The minimum absolute atomic E-state index is 0.866. The highest BCUT2D eigenvalue weighted by atomic mass is 16.3. The molecule has 0 atom stereocenters. The van der Waals surface area contributed by atoms with Crippen molar-refractivity contribution < 1.29 is 4.42 Å². The molecule has 10 rings (SSSR count). The van der Waals surface area contributed by atoms with Crippen LogP contribution in [0.5, 0.6) is 0 Å². The van der Waals surface area contributed by atoms with E-state index in [4.69, 9.17) is 14.4 Å². The van der Waals surface area contributed by atoms with E-state index in [0.717, 1.165) is 55.8 Å². The van der Waals surface area contributed by atoms with Crippen LogP contribution in [0.4, 0.5) is 0 Å². The van der Waals surface area contributed by atoms with E-state index < -0.39 is 0 Å². The Morgan fingerprint density at radius 3 is 1.64 bits per heavy atom. The third-order valence-corrected chi connectivity index (χ3v) is 9.39. The smallest absolute Gasteiger partial charge is 0.136 e. The van der Waals surface area contributed by atoms with Crippen LogP contribution in [-0.4, -0.2) is 9.97 Å². The molecule has 2 aromatic heterocycles. The average molecular weight is 599 g/mol. The molecular weight excluding hydrogens is 572 g/mol. The van der Waals surface area contributed by atoms with Gasteiger partial charge < -0.3 is 4.42 Å². The Kier molecular flexibility index (Phi) is 5.57. The van der Waals surface area contributed by atoms with Crippen molar-refractivity contribution in [3.05, 3.63) is 158 Å². The SMILES string of the molecule is c1ccc(-c2cccc(-c3nc4ccccc4nc3-c3ccc4c(c3)c3cccc5oc6cc(-c7ccccc7)cc4c6c53)c2)cc1. The zero-order valence-electron chi connectivity index (χ0n) is 25.3. The normalized spacial score (nSPS) is 11.8. The van der Waals surface area contributed by atoms with Gasteiger partial charge in [-0.25, -0.2) is 9.97 Å². The fraction of sp³-hybridized carbons (Fsp3) is 0. The Morgan fingerprint density at radius 1 is 0.319 bits per heavy atom. The first-order chi connectivity index (χ1) is 23.3. The Hall–Kier alpha value is -6.32. The third kappa shape index (κ3) is 4.07. The molecule has 47 heavy (non-hydrogen) atoms. The number of aromatic nitrogens is 2. The van der Waals surface area contributed by atoms with Gasteiger partial charge in [-0.1, -0.05) is 115 Å². The van der Waals surface area contributed by atoms with Crippen molar-refractivity contribution in [2.45, 2.75) is 0 Å². The maximum atomic E-state index is 6.51. The molecule has 0 unspecified atom stereocenters. The lowest BCUT2D eigenvalue weighted by molar-refractivity contribution is 0.669. The predicted octanol–water partition coefficient (Wildman–Crippen LogP) is 11.9. The molecule has 0 bridgehead atoms. The number of furan rings is 1. The van der Waals surface area contributed by atoms with E-state index in [1.165, 1.54) is 43.4 Å². The Balaban J connectivity index is 1.25. The van der Waals surface area contributed by atoms with Gasteiger partial charge in [0.2, 0.25) is 0 Å². The number of fused-ring (bicyclic) bond motifs is 4. The summed E-state index contributed by atoms with van der Waals surface area (Å²) >= 11 is 0. The summed E-state index contributed by atoms with van der Waals surface area (Å²) < 4.78 is 6.51. The Bertz CT molecular complexity index is 2780. The molecule has 0 N–H and O–H groups in total. The van der Waals surface area contributed by atoms with Crippen molar-refractivity contribution in [2.75, 3.05) is 0 Å². The molecule has 0 aliphatic carbocycles. The maximum Gasteiger partial charge on any atom is 0.136 e. The maximum absolute atomic E-state index is 6.51. The highest BCUT2D eigenvalue weighted by Gasteiger charge is 2.20. The number of para-hydroxylation sites is 2. The van der Waals surface area contributed by atoms with Crippen LogP contribution in [-0.2, 0) is 0 Å². The molecule has 0 saturated carbocycles. The average Bonchev–Trinajstić information content (AvgIpc) is 3.53. The minimum atomic E-state index is 0.866. The van der Waals surface area contributed by atoms with Gasteiger partial charge in [0, 0.05) is 21.9 Å². The second kappa shape index (κ2) is 10.1. The molecule has 8 aromatic carbocycles. The third-order valence-electron chi connectivity index (χ3n) is 9.39. The molecule has 0 aliphatic rings. The van der Waals surface area contributed by atoms with Crippen LogP contribution < -0.4 is 0 Å². The molecule has 0 fully saturated rings. The number of benzene rings is 8. The van der Waals surface area contributed by atoms with Crippen molar-refractivity contribution in [1.82, 2.24) is 9.97 Å². The fourth-order valence-corrected chi connectivity index (χ4v) is 7.21. The fourth-order valence-electron chi connectivity index (χ4n) is 7.21. The number of hydrogen-bond acceptors (Lipinski definition) is 3. The van der Waals surface area contributed by atoms with Crippen LogP contribution in [0.15, 0.2) is 162 Å². The van der Waals surface area contributed by atoms with Gasteiger partial charge in [-0.15, -0.1) is 0 Å². The molecule has 10 aromatic rings. The standard InChI is InChI=1S/C44H26N2O/c1-3-11-27(12-4-1)29-15-9-16-30(23-29)43-44(46-38-19-8-7-18-37(38)45-43)31-21-22-33-35(24-31)34-17-10-20-39-41(34)42-36(33)25-32(26-40(42)47-39)28-13-5-2-6-14-28/h1-26H. The minimum Gasteiger partial charge on any atom is -0.456 e. The van der Waals surface area contributed by atoms with Crippen LogP contribution in [0.25, 0.3) is 99.3 Å². The molecule has 0 aliphatic heterocycles. The monoisotopic (exact) mass is 598 g/mol. The second-order valence-electron chi connectivity index (χ2n) is 12.2. The molecule has 0 saturated heterocycles. The van der Waals surface area contributed by atoms with E-state index in [9.17, 15) is 0 Å². The quantitative estimate of drug-likeness (QED) is 0.189. The predicted molar refractivity (Wildman–Crippen MR) is 195 cm³/mol. The summed E-state index contributed by atoms with van der Waals surface area (Å²) in [6, 6.07) is 55.4. The molecule has 0 amide bonds. The molecule has 3 heteroatoms. The van der Waals surface area contributed by atoms with Crippen molar-refractivity contribution in [3.8, 4) is 44.8 Å². The Labute approximate surface area is 270 Å². The number of nitrogens with zero attached hydrogens (tertiary/aromatic N) is 2. The van der Waals surface area contributed by atoms with Crippen LogP contribution in [0.3, 0.4) is 0 Å². The van der Waals surface area contributed by atoms with Crippen LogP contribution >= 0.6 is 0 Å². The van der Waals surface area contributed by atoms with Crippen LogP contribution in [0.1, 0.15) is 0 Å². The summed E-state index contributed by atoms with van der Waals surface area (Å²) in [5.74, 6) is 0.